The second-order valence-electron chi connectivity index (χ2n) is 14.2. The van der Waals surface area contributed by atoms with E-state index in [0.29, 0.717) is 17.9 Å². The van der Waals surface area contributed by atoms with Gasteiger partial charge in [-0.25, -0.2) is 0 Å². The third-order valence-electron chi connectivity index (χ3n) is 7.36. The smallest absolute Gasteiger partial charge is 0.146 e. The van der Waals surface area contributed by atoms with Crippen LogP contribution in [0.25, 0.3) is 16.7 Å². The minimum atomic E-state index is -0.201. The number of aromatic hydroxyl groups is 2. The van der Waals surface area contributed by atoms with Gasteiger partial charge in [-0.2, -0.15) is 0 Å². The van der Waals surface area contributed by atoms with Crippen LogP contribution >= 0.6 is 0 Å². The van der Waals surface area contributed by atoms with Crippen molar-refractivity contribution in [2.75, 3.05) is 0 Å². The van der Waals surface area contributed by atoms with E-state index >= 15 is 0 Å². The van der Waals surface area contributed by atoms with Gasteiger partial charge in [0.15, 0.2) is 0 Å². The maximum Gasteiger partial charge on any atom is 0.146 e. The number of hydrogen-bond acceptors (Lipinski definition) is 7. The maximum atomic E-state index is 11.6. The summed E-state index contributed by atoms with van der Waals surface area (Å²) in [6.45, 7) is 19.6. The number of nitrogens with zero attached hydrogens (tertiary/aromatic N) is 6. The molecule has 3 aromatic carbocycles. The van der Waals surface area contributed by atoms with Crippen molar-refractivity contribution >= 4 is 11.0 Å². The van der Waals surface area contributed by atoms with E-state index in [-0.39, 0.29) is 22.0 Å². The molecule has 5 rings (SSSR count). The molecule has 0 radical (unpaired) electrons. The molecule has 2 N–H and O–H groups in total. The van der Waals surface area contributed by atoms with Crippen LogP contribution in [0.5, 0.6) is 11.5 Å². The van der Waals surface area contributed by atoms with Gasteiger partial charge < -0.3 is 10.2 Å². The number of hydrogen-bond donors (Lipinski definition) is 2. The van der Waals surface area contributed by atoms with Crippen molar-refractivity contribution in [1.82, 2.24) is 30.4 Å². The highest BCUT2D eigenvalue weighted by Crippen LogP contribution is 2.42. The fraction of sp³-hybridized carbons (Fsp3) is 0.400. The highest BCUT2D eigenvalue weighted by molar-refractivity contribution is 5.74. The van der Waals surface area contributed by atoms with E-state index in [4.69, 9.17) is 0 Å². The van der Waals surface area contributed by atoms with Gasteiger partial charge in [-0.05, 0) is 75.8 Å². The van der Waals surface area contributed by atoms with Gasteiger partial charge in [-0.3, -0.25) is 0 Å². The van der Waals surface area contributed by atoms with Crippen LogP contribution in [-0.2, 0) is 17.3 Å². The van der Waals surface area contributed by atoms with Crippen molar-refractivity contribution in [3.63, 3.8) is 0 Å². The van der Waals surface area contributed by atoms with E-state index in [1.54, 1.807) is 18.5 Å². The lowest BCUT2D eigenvalue weighted by molar-refractivity contribution is 0.284. The van der Waals surface area contributed by atoms with E-state index < -0.39 is 0 Å². The van der Waals surface area contributed by atoms with Crippen LogP contribution in [0.2, 0.25) is 0 Å². The normalized spacial score (nSPS) is 12.2. The van der Waals surface area contributed by atoms with Crippen molar-refractivity contribution in [3.8, 4) is 17.2 Å². The molecule has 0 aliphatic carbocycles. The minimum Gasteiger partial charge on any atom is -0.507 e. The molecule has 0 saturated heterocycles. The third-order valence-corrected chi connectivity index (χ3v) is 7.36. The summed E-state index contributed by atoms with van der Waals surface area (Å²) in [7, 11) is 0. The summed E-state index contributed by atoms with van der Waals surface area (Å²) in [4.78, 5) is 1.54. The fourth-order valence-electron chi connectivity index (χ4n) is 5.72. The average Bonchev–Trinajstić information content (AvgIpc) is 3.35. The van der Waals surface area contributed by atoms with Crippen molar-refractivity contribution in [3.05, 3.63) is 94.8 Å². The molecule has 2 aromatic heterocycles. The Morgan fingerprint density at radius 2 is 1.30 bits per heavy atom. The van der Waals surface area contributed by atoms with Crippen molar-refractivity contribution < 1.29 is 10.2 Å². The first-order valence-corrected chi connectivity index (χ1v) is 14.7. The molecule has 2 heterocycles. The number of benzene rings is 3. The largest absolute Gasteiger partial charge is 0.507 e. The summed E-state index contributed by atoms with van der Waals surface area (Å²) < 4.78 is 0. The predicted molar refractivity (Wildman–Crippen MR) is 172 cm³/mol. The molecular formula is C35H44N6O2. The van der Waals surface area contributed by atoms with Gasteiger partial charge in [0.25, 0.3) is 0 Å². The maximum absolute atomic E-state index is 11.6. The van der Waals surface area contributed by atoms with Gasteiger partial charge in [0.05, 0.1) is 12.4 Å². The number of phenols is 2. The molecule has 226 valence electrons. The SMILES string of the molecule is Cc1cc(Cc2cc(C(C)(C)CC(C)(C)C)cc(-n3nc4ccccc4n3)c2O)c(O)c(C(C)(C)C)c1.c1cnnnc1. The quantitative estimate of drug-likeness (QED) is 0.220. The molecule has 0 bridgehead atoms. The summed E-state index contributed by atoms with van der Waals surface area (Å²) in [5, 5.41) is 42.3. The molecule has 0 aliphatic heterocycles. The number of rotatable bonds is 5. The molecule has 0 fully saturated rings. The van der Waals surface area contributed by atoms with Crippen molar-refractivity contribution in [2.24, 2.45) is 5.41 Å². The molecule has 0 spiro atoms. The van der Waals surface area contributed by atoms with E-state index in [0.717, 1.165) is 45.3 Å². The van der Waals surface area contributed by atoms with Crippen molar-refractivity contribution in [2.45, 2.75) is 86.0 Å². The number of aromatic nitrogens is 6. The second kappa shape index (κ2) is 12.1. The zero-order valence-corrected chi connectivity index (χ0v) is 26.8. The summed E-state index contributed by atoms with van der Waals surface area (Å²) in [5.41, 5.74) is 6.50. The lowest BCUT2D eigenvalue weighted by Gasteiger charge is -2.33. The van der Waals surface area contributed by atoms with E-state index in [1.165, 1.54) is 4.80 Å². The molecule has 43 heavy (non-hydrogen) atoms. The number of aryl methyl sites for hydroxylation is 1. The molecule has 0 aliphatic rings. The molecule has 0 unspecified atom stereocenters. The Morgan fingerprint density at radius 3 is 1.79 bits per heavy atom. The van der Waals surface area contributed by atoms with Crippen LogP contribution in [-0.4, -0.2) is 40.6 Å². The minimum absolute atomic E-state index is 0.122. The first-order valence-electron chi connectivity index (χ1n) is 14.7. The third kappa shape index (κ3) is 7.74. The lowest BCUT2D eigenvalue weighted by Crippen LogP contribution is -2.25. The molecule has 8 nitrogen and oxygen atoms in total. The van der Waals surface area contributed by atoms with Gasteiger partial charge in [-0.15, -0.1) is 25.2 Å². The monoisotopic (exact) mass is 580 g/mol. The zero-order valence-electron chi connectivity index (χ0n) is 26.8. The molecule has 0 amide bonds. The molecule has 8 heteroatoms. The van der Waals surface area contributed by atoms with E-state index in [1.807, 2.05) is 49.4 Å². The molecule has 0 saturated carbocycles. The Morgan fingerprint density at radius 1 is 0.721 bits per heavy atom. The standard InChI is InChI=1S/C32H41N3O2.C3H3N3/c1-20-14-21(28(36)24(15-20)31(5,6)7)16-22-17-23(32(8,9)19-30(2,3)4)18-27(29(22)37)35-33-25-12-10-11-13-26(25)34-35;1-2-4-6-5-3-1/h10-15,17-18,36-37H,16,19H2,1-9H3;1-3H. The summed E-state index contributed by atoms with van der Waals surface area (Å²) >= 11 is 0. The first kappa shape index (κ1) is 31.6. The van der Waals surface area contributed by atoms with Gasteiger partial charge in [0.2, 0.25) is 0 Å². The average molecular weight is 581 g/mol. The van der Waals surface area contributed by atoms with Crippen LogP contribution in [0.3, 0.4) is 0 Å². The first-order chi connectivity index (χ1) is 20.0. The van der Waals surface area contributed by atoms with Crippen LogP contribution in [0.15, 0.2) is 67.0 Å². The summed E-state index contributed by atoms with van der Waals surface area (Å²) in [6.07, 6.45) is 4.51. The second-order valence-corrected chi connectivity index (χ2v) is 14.2. The topological polar surface area (TPSA) is 110 Å². The summed E-state index contributed by atoms with van der Waals surface area (Å²) in [5.74, 6) is 0.426. The zero-order chi connectivity index (χ0) is 31.6. The van der Waals surface area contributed by atoms with Crippen molar-refractivity contribution in [1.29, 1.82) is 0 Å². The van der Waals surface area contributed by atoms with E-state index in [2.05, 4.69) is 87.1 Å². The van der Waals surface area contributed by atoms with Crippen LogP contribution in [0.1, 0.15) is 89.6 Å². The summed E-state index contributed by atoms with van der Waals surface area (Å²) in [6, 6.07) is 17.6. The number of phenolic OH excluding ortho intramolecular Hbond substituents is 2. The van der Waals surface area contributed by atoms with Gasteiger partial charge in [-0.1, -0.05) is 91.3 Å². The number of fused-ring (bicyclic) bond motifs is 1. The Labute approximate surface area is 254 Å². The highest BCUT2D eigenvalue weighted by atomic mass is 16.3. The van der Waals surface area contributed by atoms with E-state index in [9.17, 15) is 10.2 Å². The van der Waals surface area contributed by atoms with Crippen LogP contribution in [0.4, 0.5) is 0 Å². The highest BCUT2D eigenvalue weighted by Gasteiger charge is 2.30. The molecular weight excluding hydrogens is 536 g/mol. The van der Waals surface area contributed by atoms with Crippen LogP contribution < -0.4 is 0 Å². The Balaban J connectivity index is 0.000000628. The predicted octanol–water partition coefficient (Wildman–Crippen LogP) is 7.61. The Hall–Kier alpha value is -4.33. The molecule has 5 aromatic rings. The lowest BCUT2D eigenvalue weighted by atomic mass is 9.72. The Kier molecular flexibility index (Phi) is 8.90. The van der Waals surface area contributed by atoms with Gasteiger partial charge in [0, 0.05) is 12.0 Å². The Bertz CT molecular complexity index is 1640. The van der Waals surface area contributed by atoms with Gasteiger partial charge in [0.1, 0.15) is 28.2 Å². The molecule has 0 atom stereocenters. The fourth-order valence-corrected chi connectivity index (χ4v) is 5.72. The van der Waals surface area contributed by atoms with Gasteiger partial charge >= 0.3 is 0 Å². The van der Waals surface area contributed by atoms with Crippen LogP contribution in [0, 0.1) is 12.3 Å².